The number of allylic oxidation sites excluding steroid dienone is 1. The first-order valence-corrected chi connectivity index (χ1v) is 6.66. The molecule has 7 nitrogen and oxygen atoms in total. The standard InChI is InChI=1S/C10H19NO2.H2O4S/c1-5-6-9(2)10(12)13-8-7-11(3)4;1-5(2,3)4/h6H,5,7-8H2,1-4H3;(H2,1,2,3,4). The smallest absolute Gasteiger partial charge is 0.394 e. The maximum atomic E-state index is 11.2. The Morgan fingerprint density at radius 2 is 1.78 bits per heavy atom. The maximum Gasteiger partial charge on any atom is 0.394 e. The second-order valence-electron chi connectivity index (χ2n) is 3.68. The molecule has 0 heterocycles. The maximum absolute atomic E-state index is 11.2. The molecule has 0 aromatic rings. The van der Waals surface area contributed by atoms with Crippen molar-refractivity contribution < 1.29 is 27.1 Å². The molecule has 0 amide bonds. The minimum absolute atomic E-state index is 0.205. The van der Waals surface area contributed by atoms with E-state index in [1.165, 1.54) is 0 Å². The van der Waals surface area contributed by atoms with Crippen LogP contribution in [0.3, 0.4) is 0 Å². The highest BCUT2D eigenvalue weighted by Gasteiger charge is 2.04. The van der Waals surface area contributed by atoms with Crippen LogP contribution < -0.4 is 0 Å². The van der Waals surface area contributed by atoms with E-state index in [9.17, 15) is 4.79 Å². The van der Waals surface area contributed by atoms with Crippen molar-refractivity contribution in [1.82, 2.24) is 4.90 Å². The summed E-state index contributed by atoms with van der Waals surface area (Å²) in [6.07, 6.45) is 2.74. The van der Waals surface area contributed by atoms with Crippen LogP contribution in [0.2, 0.25) is 0 Å². The van der Waals surface area contributed by atoms with E-state index in [4.69, 9.17) is 22.3 Å². The summed E-state index contributed by atoms with van der Waals surface area (Å²) in [5, 5.41) is 0. The molecule has 0 spiro atoms. The molecule has 0 aliphatic carbocycles. The fourth-order valence-electron chi connectivity index (χ4n) is 0.824. The Morgan fingerprint density at radius 1 is 1.33 bits per heavy atom. The van der Waals surface area contributed by atoms with Crippen LogP contribution in [0.15, 0.2) is 11.6 Å². The van der Waals surface area contributed by atoms with Crippen molar-refractivity contribution in [2.45, 2.75) is 20.3 Å². The van der Waals surface area contributed by atoms with Crippen molar-refractivity contribution in [3.05, 3.63) is 11.6 Å². The number of ether oxygens (including phenoxy) is 1. The Morgan fingerprint density at radius 3 is 2.11 bits per heavy atom. The summed E-state index contributed by atoms with van der Waals surface area (Å²) in [5.41, 5.74) is 0.696. The summed E-state index contributed by atoms with van der Waals surface area (Å²) in [6.45, 7) is 5.00. The Labute approximate surface area is 108 Å². The molecule has 0 aromatic heterocycles. The summed E-state index contributed by atoms with van der Waals surface area (Å²) in [5.74, 6) is -0.205. The van der Waals surface area contributed by atoms with Crippen LogP contribution in [-0.4, -0.2) is 55.6 Å². The third-order valence-corrected chi connectivity index (χ3v) is 1.60. The van der Waals surface area contributed by atoms with Gasteiger partial charge in [0.25, 0.3) is 0 Å². The van der Waals surface area contributed by atoms with Crippen LogP contribution in [0.4, 0.5) is 0 Å². The number of esters is 1. The quantitative estimate of drug-likeness (QED) is 0.437. The van der Waals surface area contributed by atoms with Gasteiger partial charge in [-0.2, -0.15) is 8.42 Å². The predicted molar refractivity (Wildman–Crippen MR) is 67.7 cm³/mol. The van der Waals surface area contributed by atoms with Crippen LogP contribution in [0.5, 0.6) is 0 Å². The summed E-state index contributed by atoms with van der Waals surface area (Å²) in [4.78, 5) is 13.2. The van der Waals surface area contributed by atoms with Crippen LogP contribution in [0, 0.1) is 0 Å². The molecule has 0 saturated heterocycles. The molecule has 0 unspecified atom stereocenters. The molecule has 0 bridgehead atoms. The zero-order valence-electron chi connectivity index (χ0n) is 11.1. The minimum atomic E-state index is -4.67. The number of nitrogens with zero attached hydrogens (tertiary/aromatic N) is 1. The molecular formula is C10H21NO6S. The molecule has 108 valence electrons. The number of hydrogen-bond donors (Lipinski definition) is 2. The van der Waals surface area contributed by atoms with Crippen molar-refractivity contribution in [3.8, 4) is 0 Å². The zero-order chi connectivity index (χ0) is 14.8. The lowest BCUT2D eigenvalue weighted by Crippen LogP contribution is -2.20. The van der Waals surface area contributed by atoms with Gasteiger partial charge in [-0.25, -0.2) is 4.79 Å². The van der Waals surface area contributed by atoms with Gasteiger partial charge < -0.3 is 9.64 Å². The van der Waals surface area contributed by atoms with Gasteiger partial charge in [-0.15, -0.1) is 0 Å². The molecule has 0 saturated carbocycles. The molecule has 0 fully saturated rings. The van der Waals surface area contributed by atoms with E-state index in [0.29, 0.717) is 12.2 Å². The van der Waals surface area contributed by atoms with Crippen LogP contribution in [0.1, 0.15) is 20.3 Å². The fourth-order valence-corrected chi connectivity index (χ4v) is 0.824. The molecule has 8 heteroatoms. The Hall–Kier alpha value is -0.960. The molecule has 2 N–H and O–H groups in total. The summed E-state index contributed by atoms with van der Waals surface area (Å²) in [7, 11) is -0.773. The molecule has 0 aliphatic rings. The first-order chi connectivity index (χ1) is 8.07. The van der Waals surface area contributed by atoms with Gasteiger partial charge >= 0.3 is 16.4 Å². The lowest BCUT2D eigenvalue weighted by Gasteiger charge is -2.09. The van der Waals surface area contributed by atoms with Crippen LogP contribution in [-0.2, 0) is 19.9 Å². The third kappa shape index (κ3) is 20.5. The first kappa shape index (κ1) is 19.4. The van der Waals surface area contributed by atoms with E-state index in [2.05, 4.69) is 0 Å². The lowest BCUT2D eigenvalue weighted by molar-refractivity contribution is -0.139. The van der Waals surface area contributed by atoms with E-state index < -0.39 is 10.4 Å². The van der Waals surface area contributed by atoms with Crippen molar-refractivity contribution in [3.63, 3.8) is 0 Å². The Bertz CT molecular complexity index is 353. The topological polar surface area (TPSA) is 104 Å². The largest absolute Gasteiger partial charge is 0.461 e. The molecule has 0 aromatic carbocycles. The number of likely N-dealkylation sites (N-methyl/N-ethyl adjacent to an activating group) is 1. The van der Waals surface area contributed by atoms with E-state index >= 15 is 0 Å². The van der Waals surface area contributed by atoms with Crippen molar-refractivity contribution >= 4 is 16.4 Å². The van der Waals surface area contributed by atoms with E-state index in [1.807, 2.05) is 32.0 Å². The van der Waals surface area contributed by atoms with Gasteiger partial charge in [-0.05, 0) is 27.4 Å². The molecular weight excluding hydrogens is 262 g/mol. The van der Waals surface area contributed by atoms with Crippen LogP contribution in [0.25, 0.3) is 0 Å². The second kappa shape index (κ2) is 10.0. The number of carbonyl (C=O) groups excluding carboxylic acids is 1. The van der Waals surface area contributed by atoms with Crippen LogP contribution >= 0.6 is 0 Å². The fraction of sp³-hybridized carbons (Fsp3) is 0.700. The highest BCUT2D eigenvalue weighted by atomic mass is 32.3. The van der Waals surface area contributed by atoms with Gasteiger partial charge in [-0.3, -0.25) is 9.11 Å². The zero-order valence-corrected chi connectivity index (χ0v) is 11.9. The normalized spacial score (nSPS) is 11.8. The van der Waals surface area contributed by atoms with Crippen molar-refractivity contribution in [2.75, 3.05) is 27.2 Å². The Kier molecular flexibility index (Phi) is 10.8. The SMILES string of the molecule is CCC=C(C)C(=O)OCCN(C)C.O=S(=O)(O)O. The van der Waals surface area contributed by atoms with Gasteiger partial charge in [0.15, 0.2) is 0 Å². The van der Waals surface area contributed by atoms with Gasteiger partial charge in [0.05, 0.1) is 0 Å². The number of hydrogen-bond acceptors (Lipinski definition) is 5. The van der Waals surface area contributed by atoms with Gasteiger partial charge in [0.2, 0.25) is 0 Å². The molecule has 18 heavy (non-hydrogen) atoms. The van der Waals surface area contributed by atoms with Crippen molar-refractivity contribution in [1.29, 1.82) is 0 Å². The van der Waals surface area contributed by atoms with Gasteiger partial charge in [-0.1, -0.05) is 13.0 Å². The summed E-state index contributed by atoms with van der Waals surface area (Å²) >= 11 is 0. The Balaban J connectivity index is 0. The van der Waals surface area contributed by atoms with Crippen molar-refractivity contribution in [2.24, 2.45) is 0 Å². The molecule has 0 aliphatic heterocycles. The predicted octanol–water partition coefficient (Wildman–Crippen LogP) is 0.795. The summed E-state index contributed by atoms with van der Waals surface area (Å²) < 4.78 is 36.6. The van der Waals surface area contributed by atoms with Gasteiger partial charge in [0, 0.05) is 12.1 Å². The third-order valence-electron chi connectivity index (χ3n) is 1.60. The minimum Gasteiger partial charge on any atom is -0.461 e. The average molecular weight is 283 g/mol. The van der Waals surface area contributed by atoms with E-state index in [1.54, 1.807) is 6.92 Å². The van der Waals surface area contributed by atoms with E-state index in [0.717, 1.165) is 13.0 Å². The van der Waals surface area contributed by atoms with E-state index in [-0.39, 0.29) is 5.97 Å². The lowest BCUT2D eigenvalue weighted by atomic mass is 10.2. The molecule has 0 radical (unpaired) electrons. The second-order valence-corrected chi connectivity index (χ2v) is 4.58. The number of rotatable bonds is 5. The monoisotopic (exact) mass is 283 g/mol. The number of carbonyl (C=O) groups is 1. The molecule has 0 rings (SSSR count). The average Bonchev–Trinajstić information content (AvgIpc) is 2.14. The summed E-state index contributed by atoms with van der Waals surface area (Å²) in [6, 6.07) is 0. The highest BCUT2D eigenvalue weighted by molar-refractivity contribution is 7.79. The highest BCUT2D eigenvalue weighted by Crippen LogP contribution is 1.98. The molecule has 0 atom stereocenters. The van der Waals surface area contributed by atoms with Gasteiger partial charge in [0.1, 0.15) is 6.61 Å². The first-order valence-electron chi connectivity index (χ1n) is 5.26.